The first kappa shape index (κ1) is 12.9. The summed E-state index contributed by atoms with van der Waals surface area (Å²) in [5, 5.41) is 3.21. The number of aryl methyl sites for hydroxylation is 2. The Balaban J connectivity index is 2.79. The Labute approximate surface area is 98.1 Å². The van der Waals surface area contributed by atoms with Crippen molar-refractivity contribution in [3.8, 4) is 0 Å². The molecule has 0 fully saturated rings. The van der Waals surface area contributed by atoms with Gasteiger partial charge in [0.2, 0.25) is 0 Å². The second kappa shape index (κ2) is 5.80. The van der Waals surface area contributed by atoms with Gasteiger partial charge in [0.05, 0.1) is 0 Å². The summed E-state index contributed by atoms with van der Waals surface area (Å²) < 4.78 is 0. The highest BCUT2D eigenvalue weighted by atomic mass is 16.1. The fourth-order valence-electron chi connectivity index (χ4n) is 1.81. The van der Waals surface area contributed by atoms with Crippen LogP contribution in [0.15, 0.2) is 18.2 Å². The summed E-state index contributed by atoms with van der Waals surface area (Å²) in [6.07, 6.45) is 0. The molecular weight excluding hydrogens is 198 g/mol. The third-order valence-corrected chi connectivity index (χ3v) is 2.80. The monoisotopic (exact) mass is 219 g/mol. The van der Waals surface area contributed by atoms with E-state index in [4.69, 9.17) is 0 Å². The van der Waals surface area contributed by atoms with Crippen LogP contribution in [0.25, 0.3) is 0 Å². The Bertz CT molecular complexity index is 371. The molecule has 1 rings (SSSR count). The number of carbonyl (C=O) groups is 1. The van der Waals surface area contributed by atoms with Crippen molar-refractivity contribution in [3.05, 3.63) is 34.9 Å². The van der Waals surface area contributed by atoms with Crippen LogP contribution >= 0.6 is 0 Å². The van der Waals surface area contributed by atoms with Crippen molar-refractivity contribution in [2.24, 2.45) is 5.92 Å². The molecule has 0 aliphatic heterocycles. The number of hydrogen-bond donors (Lipinski definition) is 1. The quantitative estimate of drug-likeness (QED) is 0.771. The van der Waals surface area contributed by atoms with Crippen molar-refractivity contribution in [2.75, 3.05) is 13.1 Å². The average Bonchev–Trinajstić information content (AvgIpc) is 2.25. The maximum Gasteiger partial charge on any atom is 0.167 e. The van der Waals surface area contributed by atoms with Crippen molar-refractivity contribution in [1.29, 1.82) is 0 Å². The molecule has 88 valence electrons. The van der Waals surface area contributed by atoms with Crippen LogP contribution in [0.4, 0.5) is 0 Å². The van der Waals surface area contributed by atoms with E-state index in [2.05, 4.69) is 11.4 Å². The molecule has 1 N–H and O–H groups in total. The van der Waals surface area contributed by atoms with E-state index in [1.54, 1.807) is 0 Å². The zero-order chi connectivity index (χ0) is 12.1. The summed E-state index contributed by atoms with van der Waals surface area (Å²) in [6.45, 7) is 9.73. The Morgan fingerprint density at radius 2 is 2.06 bits per heavy atom. The summed E-state index contributed by atoms with van der Waals surface area (Å²) in [7, 11) is 0. The molecule has 0 radical (unpaired) electrons. The van der Waals surface area contributed by atoms with Gasteiger partial charge in [-0.2, -0.15) is 0 Å². The van der Waals surface area contributed by atoms with E-state index in [-0.39, 0.29) is 11.7 Å². The van der Waals surface area contributed by atoms with Crippen molar-refractivity contribution in [2.45, 2.75) is 27.7 Å². The van der Waals surface area contributed by atoms with Crippen molar-refractivity contribution in [1.82, 2.24) is 5.32 Å². The molecule has 0 aromatic heterocycles. The first-order valence-electron chi connectivity index (χ1n) is 5.88. The van der Waals surface area contributed by atoms with E-state index < -0.39 is 0 Å². The van der Waals surface area contributed by atoms with Gasteiger partial charge in [0, 0.05) is 18.0 Å². The smallest absolute Gasteiger partial charge is 0.167 e. The Kier molecular flexibility index (Phi) is 4.69. The van der Waals surface area contributed by atoms with Crippen LogP contribution in [0, 0.1) is 19.8 Å². The summed E-state index contributed by atoms with van der Waals surface area (Å²) in [6, 6.07) is 6.00. The number of nitrogens with one attached hydrogen (secondary N) is 1. The zero-order valence-corrected chi connectivity index (χ0v) is 10.6. The zero-order valence-electron chi connectivity index (χ0n) is 10.6. The van der Waals surface area contributed by atoms with Gasteiger partial charge in [0.25, 0.3) is 0 Å². The van der Waals surface area contributed by atoms with Crippen LogP contribution in [-0.2, 0) is 0 Å². The van der Waals surface area contributed by atoms with Crippen molar-refractivity contribution >= 4 is 5.78 Å². The first-order valence-corrected chi connectivity index (χ1v) is 5.88. The van der Waals surface area contributed by atoms with Crippen LogP contribution in [0.1, 0.15) is 35.3 Å². The van der Waals surface area contributed by atoms with Gasteiger partial charge < -0.3 is 5.32 Å². The molecule has 0 aliphatic rings. The molecule has 16 heavy (non-hydrogen) atoms. The van der Waals surface area contributed by atoms with E-state index in [0.29, 0.717) is 0 Å². The average molecular weight is 219 g/mol. The van der Waals surface area contributed by atoms with Gasteiger partial charge in [-0.3, -0.25) is 4.79 Å². The molecule has 0 bridgehead atoms. The number of benzene rings is 1. The second-order valence-corrected chi connectivity index (χ2v) is 4.39. The van der Waals surface area contributed by atoms with Gasteiger partial charge in [-0.25, -0.2) is 0 Å². The maximum absolute atomic E-state index is 12.1. The molecule has 2 nitrogen and oxygen atoms in total. The van der Waals surface area contributed by atoms with Crippen LogP contribution in [0.5, 0.6) is 0 Å². The van der Waals surface area contributed by atoms with Crippen LogP contribution < -0.4 is 5.32 Å². The summed E-state index contributed by atoms with van der Waals surface area (Å²) in [4.78, 5) is 12.1. The Morgan fingerprint density at radius 1 is 1.38 bits per heavy atom. The Hall–Kier alpha value is -1.15. The fraction of sp³-hybridized carbons (Fsp3) is 0.500. The number of carbonyl (C=O) groups excluding carboxylic acids is 1. The normalized spacial score (nSPS) is 12.5. The minimum Gasteiger partial charge on any atom is -0.316 e. The van der Waals surface area contributed by atoms with Gasteiger partial charge in [0.1, 0.15) is 0 Å². The van der Waals surface area contributed by atoms with Crippen LogP contribution in [0.2, 0.25) is 0 Å². The van der Waals surface area contributed by atoms with E-state index in [9.17, 15) is 4.79 Å². The number of hydrogen-bond acceptors (Lipinski definition) is 2. The van der Waals surface area contributed by atoms with Crippen molar-refractivity contribution in [3.63, 3.8) is 0 Å². The highest BCUT2D eigenvalue weighted by Crippen LogP contribution is 2.15. The lowest BCUT2D eigenvalue weighted by Crippen LogP contribution is -2.26. The minimum atomic E-state index is 0.0429. The molecule has 0 heterocycles. The number of Topliss-reactive ketones (excluding diaryl/α,β-unsaturated/α-hetero) is 1. The highest BCUT2D eigenvalue weighted by Gasteiger charge is 2.16. The second-order valence-electron chi connectivity index (χ2n) is 4.39. The number of rotatable bonds is 5. The molecule has 1 aromatic carbocycles. The predicted octanol–water partition coefficient (Wildman–Crippen LogP) is 2.73. The standard InChI is InChI=1S/C14H21NO/c1-5-15-9-12(4)14(16)13-7-6-10(2)8-11(13)3/h6-8,12,15H,5,9H2,1-4H3. The van der Waals surface area contributed by atoms with E-state index >= 15 is 0 Å². The molecular formula is C14H21NO. The van der Waals surface area contributed by atoms with Gasteiger partial charge in [-0.1, -0.05) is 37.6 Å². The first-order chi connectivity index (χ1) is 7.56. The molecule has 1 unspecified atom stereocenters. The lowest BCUT2D eigenvalue weighted by Gasteiger charge is -2.13. The maximum atomic E-state index is 12.1. The lowest BCUT2D eigenvalue weighted by atomic mass is 9.94. The SMILES string of the molecule is CCNCC(C)C(=O)c1ccc(C)cc1C. The lowest BCUT2D eigenvalue weighted by molar-refractivity contribution is 0.0928. The molecule has 0 saturated carbocycles. The van der Waals surface area contributed by atoms with Gasteiger partial charge in [-0.15, -0.1) is 0 Å². The molecule has 0 spiro atoms. The predicted molar refractivity (Wildman–Crippen MR) is 68.0 cm³/mol. The highest BCUT2D eigenvalue weighted by molar-refractivity contribution is 5.99. The third kappa shape index (κ3) is 3.17. The van der Waals surface area contributed by atoms with Crippen LogP contribution in [0.3, 0.4) is 0 Å². The molecule has 2 heteroatoms. The van der Waals surface area contributed by atoms with Crippen LogP contribution in [-0.4, -0.2) is 18.9 Å². The number of ketones is 1. The van der Waals surface area contributed by atoms with E-state index in [1.165, 1.54) is 5.56 Å². The van der Waals surface area contributed by atoms with Gasteiger partial charge in [-0.05, 0) is 26.0 Å². The largest absolute Gasteiger partial charge is 0.316 e. The fourth-order valence-corrected chi connectivity index (χ4v) is 1.81. The summed E-state index contributed by atoms with van der Waals surface area (Å²) >= 11 is 0. The molecule has 0 aliphatic carbocycles. The summed E-state index contributed by atoms with van der Waals surface area (Å²) in [5.74, 6) is 0.278. The molecule has 1 aromatic rings. The third-order valence-electron chi connectivity index (χ3n) is 2.80. The van der Waals surface area contributed by atoms with E-state index in [0.717, 1.165) is 24.2 Å². The van der Waals surface area contributed by atoms with E-state index in [1.807, 2.05) is 39.8 Å². The molecule has 0 saturated heterocycles. The molecule has 0 amide bonds. The molecule has 1 atom stereocenters. The minimum absolute atomic E-state index is 0.0429. The summed E-state index contributed by atoms with van der Waals surface area (Å²) in [5.41, 5.74) is 3.14. The van der Waals surface area contributed by atoms with Gasteiger partial charge in [0.15, 0.2) is 5.78 Å². The Morgan fingerprint density at radius 3 is 2.62 bits per heavy atom. The van der Waals surface area contributed by atoms with Crippen molar-refractivity contribution < 1.29 is 4.79 Å². The van der Waals surface area contributed by atoms with Gasteiger partial charge >= 0.3 is 0 Å². The topological polar surface area (TPSA) is 29.1 Å².